The Kier molecular flexibility index (Phi) is 43.5. The van der Waals surface area contributed by atoms with Crippen LogP contribution in [0.4, 0.5) is 15.9 Å². The quantitative estimate of drug-likeness (QED) is 0.0284. The molecule has 0 aliphatic heterocycles. The first-order valence-electron chi connectivity index (χ1n) is 40.4. The number of likely N-dealkylation sites (N-methyl/N-ethyl adjacent to an activating group) is 2. The number of non-ortho nitro benzene ring substituents is 1. The molecular formula is C95H110FN9O12S5. The SMILES string of the molecule is CC(C)[C@@H](C)NC(=O)COc1cccc([N+](=O)[O-])c1.CCN(Cc1cccs1)C(=O)CCc1ccccc1.CCN(Cc1cccs1)C(=O)CCc1ccccc1F.CCN(Cc1cccs1)C(=O)COc1ccccc1.CCN(Cc1cncs1)C(=O)COc1ccc(C)cc1.Cc1ccc(OC(C)C(=O)N(Cc2cccs2)c2ccccn2)cc1. The number of aryl methyl sites for hydroxylation is 4. The van der Waals surface area contributed by atoms with Crippen LogP contribution in [0.2, 0.25) is 0 Å². The van der Waals surface area contributed by atoms with Crippen LogP contribution in [0.5, 0.6) is 23.0 Å². The number of amides is 6. The number of aromatic nitrogens is 2. The fourth-order valence-corrected chi connectivity index (χ4v) is 14.8. The van der Waals surface area contributed by atoms with Gasteiger partial charge in [-0.25, -0.2) is 9.37 Å². The molecule has 0 saturated heterocycles. The Labute approximate surface area is 736 Å². The normalized spacial score (nSPS) is 10.9. The first-order chi connectivity index (χ1) is 59.0. The van der Waals surface area contributed by atoms with E-state index in [9.17, 15) is 43.3 Å². The van der Waals surface area contributed by atoms with Gasteiger partial charge in [-0.2, -0.15) is 0 Å². The van der Waals surface area contributed by atoms with E-state index in [1.54, 1.807) is 120 Å². The van der Waals surface area contributed by atoms with Crippen molar-refractivity contribution in [2.45, 2.75) is 140 Å². The third-order valence-electron chi connectivity index (χ3n) is 18.6. The first kappa shape index (κ1) is 97.4. The van der Waals surface area contributed by atoms with Gasteiger partial charge in [0, 0.05) is 87.9 Å². The van der Waals surface area contributed by atoms with Crippen molar-refractivity contribution in [2.24, 2.45) is 5.92 Å². The Hall–Kier alpha value is -11.8. The van der Waals surface area contributed by atoms with Crippen LogP contribution in [0.15, 0.2) is 264 Å². The van der Waals surface area contributed by atoms with E-state index in [-0.39, 0.29) is 72.8 Å². The predicted octanol–water partition coefficient (Wildman–Crippen LogP) is 20.2. The van der Waals surface area contributed by atoms with Crippen LogP contribution in [0.25, 0.3) is 0 Å². The molecule has 6 amide bonds. The minimum Gasteiger partial charge on any atom is -0.484 e. The zero-order valence-corrected chi connectivity index (χ0v) is 74.9. The van der Waals surface area contributed by atoms with Crippen LogP contribution in [0.1, 0.15) is 115 Å². The van der Waals surface area contributed by atoms with E-state index in [1.165, 1.54) is 50.0 Å². The van der Waals surface area contributed by atoms with E-state index in [2.05, 4.69) is 38.9 Å². The number of ether oxygens (including phenoxy) is 4. The van der Waals surface area contributed by atoms with E-state index >= 15 is 0 Å². The monoisotopic (exact) mass is 1750 g/mol. The standard InChI is InChI=1S/C20H20N2O2S.C16H18FNOS.C16H19NOS.C15H18N2O2S.C15H17NO2S.C13H18N2O4/c1-15-8-10-17(11-9-15)24-16(2)20(23)22(14-18-6-5-13-25-18)19-7-3-4-12-21-19;1-2-18(12-14-7-5-11-20-14)16(19)10-9-13-6-3-4-8-15(13)17;1-2-17(13-15-9-6-12-19-15)16(18)11-10-14-7-4-3-5-8-14;1-3-17(9-14-8-16-11-20-14)15(18)10-19-13-6-4-12(2)5-7-13;1-2-16(11-14-9-6-10-19-14)15(17)12-18-13-7-4-3-5-8-13;1-9(2)10(3)14-13(16)8-19-12-6-4-5-11(7-12)15(17)18/h3-13,16H,14H2,1-2H3;3-8,11H,2,9-10,12H2,1H3;3-9,12H,2,10-11,13H2,1H3;4-8,11H,3,9-10H2,1-2H3;3-10H,2,11-12H2,1H3;4-7,9-10H,8H2,1-3H3,(H,14,16)/t;;;;;10-/m.....1/s1. The lowest BCUT2D eigenvalue weighted by molar-refractivity contribution is -0.384. The number of hydrogen-bond acceptors (Lipinski definition) is 19. The first-order valence-corrected chi connectivity index (χ1v) is 44.8. The van der Waals surface area contributed by atoms with Gasteiger partial charge < -0.3 is 43.9 Å². The number of pyridine rings is 1. The van der Waals surface area contributed by atoms with Crippen molar-refractivity contribution in [3.05, 3.63) is 326 Å². The maximum absolute atomic E-state index is 13.5. The number of carbonyl (C=O) groups is 6. The zero-order valence-electron chi connectivity index (χ0n) is 70.8. The third kappa shape index (κ3) is 36.3. The number of nitrogens with one attached hydrogen (secondary N) is 1. The van der Waals surface area contributed by atoms with Crippen molar-refractivity contribution in [3.8, 4) is 23.0 Å². The van der Waals surface area contributed by atoms with Crippen molar-refractivity contribution in [2.75, 3.05) is 50.9 Å². The Bertz CT molecular complexity index is 4850. The summed E-state index contributed by atoms with van der Waals surface area (Å²) in [4.78, 5) is 106. The molecule has 21 nitrogen and oxygen atoms in total. The van der Waals surface area contributed by atoms with E-state index in [0.29, 0.717) is 93.9 Å². The summed E-state index contributed by atoms with van der Waals surface area (Å²) in [5, 5.41) is 21.5. The molecule has 6 aromatic carbocycles. The summed E-state index contributed by atoms with van der Waals surface area (Å²) >= 11 is 8.19. The second kappa shape index (κ2) is 54.5. The highest BCUT2D eigenvalue weighted by Crippen LogP contribution is 2.25. The molecule has 6 aromatic heterocycles. The van der Waals surface area contributed by atoms with Gasteiger partial charge in [-0.05, 0) is 192 Å². The van der Waals surface area contributed by atoms with Gasteiger partial charge in [0.05, 0.1) is 49.2 Å². The highest BCUT2D eigenvalue weighted by atomic mass is 32.1. The van der Waals surface area contributed by atoms with Crippen LogP contribution in [0, 0.1) is 35.7 Å². The number of para-hydroxylation sites is 1. The molecule has 6 heterocycles. The molecule has 0 aliphatic rings. The predicted molar refractivity (Wildman–Crippen MR) is 490 cm³/mol. The van der Waals surface area contributed by atoms with Crippen LogP contribution >= 0.6 is 56.7 Å². The lowest BCUT2D eigenvalue weighted by atomic mass is 10.1. The summed E-state index contributed by atoms with van der Waals surface area (Å²) in [7, 11) is 0. The Morgan fingerprint density at radius 3 is 1.39 bits per heavy atom. The number of carbonyl (C=O) groups excluding carboxylic acids is 6. The van der Waals surface area contributed by atoms with Gasteiger partial charge in [-0.1, -0.05) is 152 Å². The lowest BCUT2D eigenvalue weighted by Gasteiger charge is -2.25. The molecule has 0 spiro atoms. The minimum atomic E-state index is -0.607. The van der Waals surface area contributed by atoms with Crippen molar-refractivity contribution in [1.29, 1.82) is 0 Å². The molecule has 1 unspecified atom stereocenters. The maximum atomic E-state index is 13.5. The largest absolute Gasteiger partial charge is 0.484 e. The molecule has 12 rings (SSSR count). The number of nitrogens with zero attached hydrogens (tertiary/aromatic N) is 8. The molecule has 27 heteroatoms. The molecular weight excluding hydrogens is 1640 g/mol. The molecule has 0 radical (unpaired) electrons. The van der Waals surface area contributed by atoms with Gasteiger partial charge in [0.15, 0.2) is 25.9 Å². The maximum Gasteiger partial charge on any atom is 0.273 e. The average molecular weight is 1750 g/mol. The lowest BCUT2D eigenvalue weighted by Crippen LogP contribution is -2.40. The fourth-order valence-electron chi connectivity index (χ4n) is 11.3. The number of hydrogen-bond donors (Lipinski definition) is 1. The van der Waals surface area contributed by atoms with E-state index in [1.807, 2.05) is 246 Å². The number of nitro groups is 1. The summed E-state index contributed by atoms with van der Waals surface area (Å²) in [5.74, 6) is 3.11. The average Bonchev–Trinajstić information content (AvgIpc) is 1.07. The van der Waals surface area contributed by atoms with Crippen LogP contribution in [-0.2, 0) is 74.3 Å². The molecule has 644 valence electrons. The smallest absolute Gasteiger partial charge is 0.273 e. The molecule has 0 saturated carbocycles. The Morgan fingerprint density at radius 2 is 0.918 bits per heavy atom. The van der Waals surface area contributed by atoms with Crippen LogP contribution in [0.3, 0.4) is 0 Å². The van der Waals surface area contributed by atoms with Gasteiger partial charge in [0.2, 0.25) is 11.8 Å². The van der Waals surface area contributed by atoms with Gasteiger partial charge in [-0.3, -0.25) is 48.8 Å². The molecule has 122 heavy (non-hydrogen) atoms. The number of nitro benzene ring substituents is 1. The Balaban J connectivity index is 0.000000202. The van der Waals surface area contributed by atoms with Crippen LogP contribution < -0.4 is 29.2 Å². The Morgan fingerprint density at radius 1 is 0.467 bits per heavy atom. The second-order valence-corrected chi connectivity index (χ2v) is 33.1. The molecule has 1 N–H and O–H groups in total. The van der Waals surface area contributed by atoms with Crippen molar-refractivity contribution in [3.63, 3.8) is 0 Å². The summed E-state index contributed by atoms with van der Waals surface area (Å²) in [6.07, 6.45) is 5.08. The number of rotatable bonds is 36. The summed E-state index contributed by atoms with van der Waals surface area (Å²) in [5.41, 5.74) is 5.86. The van der Waals surface area contributed by atoms with Gasteiger partial charge in [0.1, 0.15) is 34.6 Å². The summed E-state index contributed by atoms with van der Waals surface area (Å²) < 4.78 is 35.6. The number of thiazole rings is 1. The molecule has 2 atom stereocenters. The molecule has 12 aromatic rings. The number of anilines is 1. The van der Waals surface area contributed by atoms with Crippen molar-refractivity contribution < 1.29 is 57.0 Å². The fraction of sp³-hybridized carbons (Fsp3) is 0.305. The number of halogens is 1. The second-order valence-electron chi connectivity index (χ2n) is 28.0. The van der Waals surface area contributed by atoms with E-state index in [4.69, 9.17) is 18.9 Å². The van der Waals surface area contributed by atoms with E-state index in [0.717, 1.165) is 46.3 Å². The summed E-state index contributed by atoms with van der Waals surface area (Å²) in [6, 6.07) is 69.1. The van der Waals surface area contributed by atoms with Gasteiger partial charge in [-0.15, -0.1) is 56.7 Å². The minimum absolute atomic E-state index is 0.0125. The number of benzene rings is 6. The molecule has 0 fully saturated rings. The number of thiophene rings is 4. The molecule has 0 aliphatic carbocycles. The van der Waals surface area contributed by atoms with Gasteiger partial charge >= 0.3 is 0 Å². The highest BCUT2D eigenvalue weighted by molar-refractivity contribution is 7.10. The van der Waals surface area contributed by atoms with E-state index < -0.39 is 11.0 Å². The molecule has 0 bridgehead atoms. The third-order valence-corrected chi connectivity index (χ3v) is 22.8. The van der Waals surface area contributed by atoms with Crippen molar-refractivity contribution in [1.82, 2.24) is 34.9 Å². The topological polar surface area (TPSA) is 236 Å². The van der Waals surface area contributed by atoms with Crippen molar-refractivity contribution >= 4 is 104 Å². The highest BCUT2D eigenvalue weighted by Gasteiger charge is 2.26. The summed E-state index contributed by atoms with van der Waals surface area (Å²) in [6.45, 7) is 25.6. The van der Waals surface area contributed by atoms with Gasteiger partial charge in [0.25, 0.3) is 29.3 Å². The van der Waals surface area contributed by atoms with Crippen LogP contribution in [-0.4, -0.2) is 128 Å². The zero-order chi connectivity index (χ0) is 87.8.